The molecule has 1 fully saturated rings. The molecule has 2 heterocycles. The van der Waals surface area contributed by atoms with Crippen LogP contribution < -0.4 is 5.32 Å². The first kappa shape index (κ1) is 19.2. The summed E-state index contributed by atoms with van der Waals surface area (Å²) in [5.41, 5.74) is 4.05. The first-order valence-corrected chi connectivity index (χ1v) is 10.8. The van der Waals surface area contributed by atoms with Crippen LogP contribution >= 0.6 is 0 Å². The fourth-order valence-corrected chi connectivity index (χ4v) is 4.78. The maximum Gasteiger partial charge on any atom is 0.274 e. The van der Waals surface area contributed by atoms with E-state index in [2.05, 4.69) is 12.2 Å². The van der Waals surface area contributed by atoms with Crippen molar-refractivity contribution in [3.05, 3.63) is 41.1 Å². The van der Waals surface area contributed by atoms with Gasteiger partial charge in [0.2, 0.25) is 0 Å². The molecular formula is C22H32N4O2. The summed E-state index contributed by atoms with van der Waals surface area (Å²) in [6.45, 7) is 3.44. The Morgan fingerprint density at radius 2 is 2.11 bits per heavy atom. The molecule has 28 heavy (non-hydrogen) atoms. The zero-order valence-electron chi connectivity index (χ0n) is 17.1. The highest BCUT2D eigenvalue weighted by molar-refractivity contribution is 5.94. The van der Waals surface area contributed by atoms with Crippen molar-refractivity contribution in [3.63, 3.8) is 0 Å². The van der Waals surface area contributed by atoms with Gasteiger partial charge in [-0.25, -0.2) is 0 Å². The molecular weight excluding hydrogens is 352 g/mol. The minimum absolute atomic E-state index is 0.00275. The van der Waals surface area contributed by atoms with Gasteiger partial charge in [-0.1, -0.05) is 19.3 Å². The standard InChI is InChI=1S/C22H32N4O2/c1-3-26-20-10-9-18(23-17-7-5-4-6-8-17)13-19(20)21(24-26)22(27)25(2)14-16-11-12-28-15-16/h11-12,15,17-18,23H,3-10,13-14H2,1-2H3. The van der Waals surface area contributed by atoms with Gasteiger partial charge in [0.15, 0.2) is 5.69 Å². The highest BCUT2D eigenvalue weighted by Gasteiger charge is 2.31. The fraction of sp³-hybridized carbons (Fsp3) is 0.636. The number of fused-ring (bicyclic) bond motifs is 1. The molecule has 0 radical (unpaired) electrons. The number of aromatic nitrogens is 2. The Balaban J connectivity index is 1.50. The minimum atomic E-state index is 0.00275. The van der Waals surface area contributed by atoms with E-state index in [4.69, 9.17) is 9.52 Å². The fourth-order valence-electron chi connectivity index (χ4n) is 4.78. The Labute approximate surface area is 167 Å². The third-order valence-electron chi connectivity index (χ3n) is 6.27. The zero-order valence-corrected chi connectivity index (χ0v) is 17.1. The Morgan fingerprint density at radius 1 is 1.29 bits per heavy atom. The lowest BCUT2D eigenvalue weighted by molar-refractivity contribution is 0.0777. The van der Waals surface area contributed by atoms with Crippen molar-refractivity contribution in [2.75, 3.05) is 7.05 Å². The van der Waals surface area contributed by atoms with Gasteiger partial charge in [0.05, 0.1) is 12.5 Å². The van der Waals surface area contributed by atoms with Gasteiger partial charge in [-0.15, -0.1) is 0 Å². The number of carbonyl (C=O) groups is 1. The van der Waals surface area contributed by atoms with E-state index in [9.17, 15) is 4.79 Å². The van der Waals surface area contributed by atoms with Crippen LogP contribution in [0.4, 0.5) is 0 Å². The molecule has 1 amide bonds. The van der Waals surface area contributed by atoms with E-state index < -0.39 is 0 Å². The van der Waals surface area contributed by atoms with Gasteiger partial charge in [-0.3, -0.25) is 9.48 Å². The Kier molecular flexibility index (Phi) is 5.85. The number of nitrogens with one attached hydrogen (secondary N) is 1. The second kappa shape index (κ2) is 8.52. The van der Waals surface area contributed by atoms with Gasteiger partial charge in [0.25, 0.3) is 5.91 Å². The topological polar surface area (TPSA) is 63.3 Å². The van der Waals surface area contributed by atoms with E-state index in [1.165, 1.54) is 37.8 Å². The second-order valence-electron chi connectivity index (χ2n) is 8.32. The van der Waals surface area contributed by atoms with E-state index in [0.29, 0.717) is 24.3 Å². The predicted molar refractivity (Wildman–Crippen MR) is 108 cm³/mol. The van der Waals surface area contributed by atoms with Crippen LogP contribution in [0.3, 0.4) is 0 Å². The van der Waals surface area contributed by atoms with Gasteiger partial charge in [0.1, 0.15) is 0 Å². The predicted octanol–water partition coefficient (Wildman–Crippen LogP) is 3.55. The summed E-state index contributed by atoms with van der Waals surface area (Å²) in [5.74, 6) is 0.00275. The number of furan rings is 1. The number of carbonyl (C=O) groups excluding carboxylic acids is 1. The largest absolute Gasteiger partial charge is 0.472 e. The Morgan fingerprint density at radius 3 is 2.82 bits per heavy atom. The molecule has 2 aromatic rings. The van der Waals surface area contributed by atoms with Crippen molar-refractivity contribution in [2.24, 2.45) is 0 Å². The summed E-state index contributed by atoms with van der Waals surface area (Å²) >= 11 is 0. The summed E-state index contributed by atoms with van der Waals surface area (Å²) in [6.07, 6.45) is 13.0. The van der Waals surface area contributed by atoms with Crippen LogP contribution in [0.2, 0.25) is 0 Å². The second-order valence-corrected chi connectivity index (χ2v) is 8.32. The highest BCUT2D eigenvalue weighted by atomic mass is 16.3. The van der Waals surface area contributed by atoms with E-state index in [1.54, 1.807) is 17.4 Å². The molecule has 2 aliphatic carbocycles. The van der Waals surface area contributed by atoms with Crippen LogP contribution in [-0.4, -0.2) is 39.7 Å². The third kappa shape index (κ3) is 4.02. The number of rotatable bonds is 6. The molecule has 1 unspecified atom stereocenters. The van der Waals surface area contributed by atoms with Crippen LogP contribution in [0.1, 0.15) is 72.8 Å². The van der Waals surface area contributed by atoms with E-state index in [0.717, 1.165) is 36.9 Å². The number of aryl methyl sites for hydroxylation is 1. The van der Waals surface area contributed by atoms with Gasteiger partial charge in [0, 0.05) is 49.0 Å². The van der Waals surface area contributed by atoms with Gasteiger partial charge in [-0.2, -0.15) is 5.10 Å². The highest BCUT2D eigenvalue weighted by Crippen LogP contribution is 2.28. The lowest BCUT2D eigenvalue weighted by Crippen LogP contribution is -2.43. The number of nitrogens with zero attached hydrogens (tertiary/aromatic N) is 3. The molecule has 0 bridgehead atoms. The quantitative estimate of drug-likeness (QED) is 0.827. The van der Waals surface area contributed by atoms with Crippen molar-refractivity contribution in [2.45, 2.75) is 83.5 Å². The maximum atomic E-state index is 13.2. The monoisotopic (exact) mass is 384 g/mol. The average Bonchev–Trinajstić information content (AvgIpc) is 3.35. The van der Waals surface area contributed by atoms with Crippen LogP contribution in [0, 0.1) is 0 Å². The van der Waals surface area contributed by atoms with Crippen LogP contribution in [0.5, 0.6) is 0 Å². The molecule has 2 aromatic heterocycles. The van der Waals surface area contributed by atoms with Gasteiger partial charge < -0.3 is 14.6 Å². The average molecular weight is 385 g/mol. The Hall–Kier alpha value is -2.08. The van der Waals surface area contributed by atoms with Crippen molar-refractivity contribution in [1.82, 2.24) is 20.0 Å². The minimum Gasteiger partial charge on any atom is -0.472 e. The number of hydrogen-bond donors (Lipinski definition) is 1. The van der Waals surface area contributed by atoms with Crippen molar-refractivity contribution in [3.8, 4) is 0 Å². The van der Waals surface area contributed by atoms with Crippen molar-refractivity contribution < 1.29 is 9.21 Å². The molecule has 1 N–H and O–H groups in total. The molecule has 6 nitrogen and oxygen atoms in total. The van der Waals surface area contributed by atoms with Crippen LogP contribution in [0.25, 0.3) is 0 Å². The first-order chi connectivity index (χ1) is 13.7. The molecule has 0 spiro atoms. The molecule has 6 heteroatoms. The smallest absolute Gasteiger partial charge is 0.274 e. The van der Waals surface area contributed by atoms with Crippen molar-refractivity contribution in [1.29, 1.82) is 0 Å². The summed E-state index contributed by atoms with van der Waals surface area (Å²) in [4.78, 5) is 14.9. The lowest BCUT2D eigenvalue weighted by atomic mass is 9.88. The molecule has 0 aromatic carbocycles. The van der Waals surface area contributed by atoms with E-state index in [-0.39, 0.29) is 5.91 Å². The zero-order chi connectivity index (χ0) is 19.5. The maximum absolute atomic E-state index is 13.2. The molecule has 0 aliphatic heterocycles. The summed E-state index contributed by atoms with van der Waals surface area (Å²) < 4.78 is 7.17. The first-order valence-electron chi connectivity index (χ1n) is 10.8. The van der Waals surface area contributed by atoms with Crippen LogP contribution in [-0.2, 0) is 25.9 Å². The molecule has 152 valence electrons. The molecule has 4 rings (SSSR count). The summed E-state index contributed by atoms with van der Waals surface area (Å²) in [7, 11) is 1.84. The van der Waals surface area contributed by atoms with Gasteiger partial charge in [-0.05, 0) is 45.1 Å². The van der Waals surface area contributed by atoms with E-state index >= 15 is 0 Å². The normalized spacial score (nSPS) is 20.1. The van der Waals surface area contributed by atoms with Gasteiger partial charge >= 0.3 is 0 Å². The van der Waals surface area contributed by atoms with E-state index in [1.807, 2.05) is 17.8 Å². The Bertz CT molecular complexity index is 790. The number of amides is 1. The number of hydrogen-bond acceptors (Lipinski definition) is 4. The molecule has 0 saturated heterocycles. The van der Waals surface area contributed by atoms with Crippen LogP contribution in [0.15, 0.2) is 23.0 Å². The molecule has 1 atom stereocenters. The third-order valence-corrected chi connectivity index (χ3v) is 6.27. The summed E-state index contributed by atoms with van der Waals surface area (Å²) in [5, 5.41) is 8.60. The lowest BCUT2D eigenvalue weighted by Gasteiger charge is -2.31. The molecule has 2 aliphatic rings. The SMILES string of the molecule is CCn1nc(C(=O)N(C)Cc2ccoc2)c2c1CCC(NC1CCCCC1)C2. The molecule has 1 saturated carbocycles. The van der Waals surface area contributed by atoms with Crippen molar-refractivity contribution >= 4 is 5.91 Å². The summed E-state index contributed by atoms with van der Waals surface area (Å²) in [6, 6.07) is 2.99.